The smallest absolute Gasteiger partial charge is 0.327 e. The maximum Gasteiger partial charge on any atom is 0.327 e. The third kappa shape index (κ3) is 21.9. The zero-order valence-electron chi connectivity index (χ0n) is 50.5. The number of phenols is 1. The molecule has 0 radical (unpaired) electrons. The van der Waals surface area contributed by atoms with Gasteiger partial charge in [0, 0.05) is 42.4 Å². The largest absolute Gasteiger partial charge is 0.508 e. The number of phenolic OH excluding ortho intramolecular Hbond substituents is 1. The molecule has 484 valence electrons. The minimum atomic E-state index is -1.74. The van der Waals surface area contributed by atoms with Crippen LogP contribution in [0.3, 0.4) is 0 Å². The van der Waals surface area contributed by atoms with Gasteiger partial charge in [0.1, 0.15) is 54.1 Å². The SMILES string of the molecule is C[C@@H](O)[C@H](NC(=O)[C@H](CCCCN)NC(=O)[C@H](NC(=O)[C@H](Cc1ccc(N)cc1)NC(=O)[C@H](Cc1ccccc1)NC(=O)[C@@H](CS)NC(=O)[C@@H](N)Cc1ccc(O)cc1)[C@@H](C)c1ccc2ccccc2c1)C(=O)N[C@@H](Cc1ccccc1)C(=O)N[C@@H](CS)C(=O)O. The Morgan fingerprint density at radius 2 is 0.868 bits per heavy atom. The Morgan fingerprint density at radius 3 is 1.40 bits per heavy atom. The number of hydrogen-bond acceptors (Lipinski definition) is 16. The van der Waals surface area contributed by atoms with Gasteiger partial charge >= 0.3 is 5.97 Å². The van der Waals surface area contributed by atoms with Gasteiger partial charge in [0.25, 0.3) is 0 Å². The van der Waals surface area contributed by atoms with Crippen LogP contribution in [-0.2, 0) is 68.8 Å². The summed E-state index contributed by atoms with van der Waals surface area (Å²) in [6, 6.07) is 30.1. The van der Waals surface area contributed by atoms with Gasteiger partial charge in [0.2, 0.25) is 47.3 Å². The standard InChI is InChI=1S/C66H81N11O12S2/c1-38(45-25-24-44-17-9-10-18-46(44)35-45)56(64(86)70-50(19-11-12-30-67)59(81)77-57(39(2)78)65(87)73-52(33-41-15-7-4-8-16-41)61(83)75-55(37-91)66(88)89)76-62(84)53(34-43-20-26-47(68)27-21-43)71-60(82)51(32-40-13-5-3-6-14-40)72-63(85)54(36-90)74-58(80)49(69)31-42-22-28-48(79)29-23-42/h3-10,13-18,20-29,35,38-39,49-57,78-79,90-91H,11-12,19,30-34,36-37,67-69H2,1-2H3,(H,70,86)(H,71,82)(H,72,85)(H,73,87)(H,74,80)(H,75,83)(H,76,84)(H,77,81)(H,88,89)/t38-,39+,49-,50-,51-,52-,53-,54+,55-,56+,57-/m0/s1. The third-order valence-electron chi connectivity index (χ3n) is 15.2. The third-order valence-corrected chi connectivity index (χ3v) is 16.0. The number of aliphatic carboxylic acids is 1. The number of nitrogen functional groups attached to an aromatic ring is 1. The van der Waals surface area contributed by atoms with E-state index in [1.54, 1.807) is 110 Å². The molecular formula is C66H81N11O12S2. The quantitative estimate of drug-likeness (QED) is 0.0156. The topological polar surface area (TPSA) is 389 Å². The van der Waals surface area contributed by atoms with Crippen molar-refractivity contribution < 1.29 is 58.5 Å². The number of carboxylic acids is 1. The number of aliphatic hydroxyl groups excluding tert-OH is 1. The number of carbonyl (C=O) groups excluding carboxylic acids is 8. The van der Waals surface area contributed by atoms with Crippen molar-refractivity contribution in [3.63, 3.8) is 0 Å². The van der Waals surface area contributed by atoms with Crippen LogP contribution in [0.1, 0.15) is 66.8 Å². The number of aromatic hydroxyl groups is 1. The minimum Gasteiger partial charge on any atom is -0.508 e. The number of carbonyl (C=O) groups is 9. The Kier molecular flexibility index (Phi) is 27.6. The summed E-state index contributed by atoms with van der Waals surface area (Å²) in [5.74, 6) is -9.56. The molecule has 6 aromatic rings. The molecule has 25 heteroatoms. The Labute approximate surface area is 539 Å². The van der Waals surface area contributed by atoms with Crippen molar-refractivity contribution in [1.82, 2.24) is 42.5 Å². The van der Waals surface area contributed by atoms with Gasteiger partial charge < -0.3 is 75.1 Å². The number of nitrogens with one attached hydrogen (secondary N) is 8. The first-order valence-electron chi connectivity index (χ1n) is 29.8. The molecule has 0 aromatic heterocycles. The fourth-order valence-corrected chi connectivity index (χ4v) is 10.5. The lowest BCUT2D eigenvalue weighted by Gasteiger charge is -2.31. The molecule has 0 spiro atoms. The Bertz CT molecular complexity index is 3420. The van der Waals surface area contributed by atoms with Crippen LogP contribution in [0, 0.1) is 0 Å². The summed E-state index contributed by atoms with van der Waals surface area (Å²) in [4.78, 5) is 127. The number of hydrogen-bond donors (Lipinski definition) is 16. The molecule has 17 N–H and O–H groups in total. The van der Waals surface area contributed by atoms with E-state index in [2.05, 4.69) is 67.8 Å². The number of aliphatic hydroxyl groups is 1. The molecule has 91 heavy (non-hydrogen) atoms. The summed E-state index contributed by atoms with van der Waals surface area (Å²) in [7, 11) is 0. The highest BCUT2D eigenvalue weighted by atomic mass is 32.1. The van der Waals surface area contributed by atoms with Gasteiger partial charge in [-0.15, -0.1) is 0 Å². The van der Waals surface area contributed by atoms with Crippen molar-refractivity contribution in [2.24, 2.45) is 11.5 Å². The van der Waals surface area contributed by atoms with Gasteiger partial charge in [0.15, 0.2) is 0 Å². The fraction of sp³-hybridized carbons (Fsp3) is 0.348. The van der Waals surface area contributed by atoms with Crippen LogP contribution < -0.4 is 59.7 Å². The van der Waals surface area contributed by atoms with E-state index in [1.807, 2.05) is 36.4 Å². The van der Waals surface area contributed by atoms with E-state index in [-0.39, 0.29) is 62.3 Å². The molecule has 23 nitrogen and oxygen atoms in total. The molecule has 8 amide bonds. The molecule has 0 aliphatic heterocycles. The van der Waals surface area contributed by atoms with E-state index >= 15 is 9.59 Å². The average molecular weight is 1280 g/mol. The van der Waals surface area contributed by atoms with Crippen LogP contribution in [0.15, 0.2) is 152 Å². The molecule has 0 saturated heterocycles. The Balaban J connectivity index is 1.31. The molecule has 0 heterocycles. The van der Waals surface area contributed by atoms with Crippen molar-refractivity contribution >= 4 is 94.9 Å². The van der Waals surface area contributed by atoms with Crippen LogP contribution in [0.5, 0.6) is 5.75 Å². The number of unbranched alkanes of at least 4 members (excludes halogenated alkanes) is 1. The normalized spacial score (nSPS) is 14.8. The van der Waals surface area contributed by atoms with E-state index in [0.29, 0.717) is 39.9 Å². The highest BCUT2D eigenvalue weighted by Gasteiger charge is 2.38. The molecule has 6 rings (SSSR count). The van der Waals surface area contributed by atoms with Gasteiger partial charge in [-0.1, -0.05) is 134 Å². The van der Waals surface area contributed by atoms with Crippen molar-refractivity contribution in [2.45, 2.75) is 125 Å². The van der Waals surface area contributed by atoms with Crippen molar-refractivity contribution in [3.8, 4) is 5.75 Å². The van der Waals surface area contributed by atoms with Crippen LogP contribution in [0.4, 0.5) is 5.69 Å². The molecule has 0 saturated carbocycles. The molecule has 11 atom stereocenters. The lowest BCUT2D eigenvalue weighted by Crippen LogP contribution is -2.62. The van der Waals surface area contributed by atoms with Crippen LogP contribution >= 0.6 is 25.3 Å². The van der Waals surface area contributed by atoms with Crippen molar-refractivity contribution in [3.05, 3.63) is 179 Å². The number of nitrogens with two attached hydrogens (primary N) is 3. The maximum absolute atomic E-state index is 15.3. The summed E-state index contributed by atoms with van der Waals surface area (Å²) < 4.78 is 0. The Morgan fingerprint density at radius 1 is 0.451 bits per heavy atom. The zero-order valence-corrected chi connectivity index (χ0v) is 52.3. The molecule has 0 fully saturated rings. The van der Waals surface area contributed by atoms with Crippen molar-refractivity contribution in [2.75, 3.05) is 23.8 Å². The molecule has 0 aliphatic carbocycles. The predicted molar refractivity (Wildman–Crippen MR) is 352 cm³/mol. The average Bonchev–Trinajstić information content (AvgIpc) is 1.18. The molecule has 0 aliphatic rings. The number of benzene rings is 6. The summed E-state index contributed by atoms with van der Waals surface area (Å²) in [6.45, 7) is 3.13. The molecule has 0 bridgehead atoms. The molecule has 6 aromatic carbocycles. The van der Waals surface area contributed by atoms with E-state index < -0.39 is 120 Å². The van der Waals surface area contributed by atoms with Gasteiger partial charge in [-0.25, -0.2) is 4.79 Å². The van der Waals surface area contributed by atoms with E-state index in [9.17, 15) is 48.9 Å². The maximum atomic E-state index is 15.3. The van der Waals surface area contributed by atoms with Gasteiger partial charge in [-0.05, 0) is 102 Å². The van der Waals surface area contributed by atoms with Crippen LogP contribution in [0.2, 0.25) is 0 Å². The fourth-order valence-electron chi connectivity index (χ4n) is 9.97. The second kappa shape index (κ2) is 35.4. The first kappa shape index (κ1) is 71.1. The van der Waals surface area contributed by atoms with Gasteiger partial charge in [-0.2, -0.15) is 25.3 Å². The number of amides is 8. The van der Waals surface area contributed by atoms with Crippen LogP contribution in [-0.4, -0.2) is 147 Å². The Hall–Kier alpha value is -9.01. The number of carboxylic acid groups (broad SMARTS) is 1. The monoisotopic (exact) mass is 1280 g/mol. The first-order valence-corrected chi connectivity index (χ1v) is 31.0. The van der Waals surface area contributed by atoms with Gasteiger partial charge in [0.05, 0.1) is 12.1 Å². The molecular weight excluding hydrogens is 1200 g/mol. The summed E-state index contributed by atoms with van der Waals surface area (Å²) >= 11 is 8.39. The second-order valence-electron chi connectivity index (χ2n) is 22.3. The lowest BCUT2D eigenvalue weighted by atomic mass is 9.90. The van der Waals surface area contributed by atoms with Crippen LogP contribution in [0.25, 0.3) is 10.8 Å². The second-order valence-corrected chi connectivity index (χ2v) is 23.0. The van der Waals surface area contributed by atoms with Crippen molar-refractivity contribution in [1.29, 1.82) is 0 Å². The van der Waals surface area contributed by atoms with E-state index in [0.717, 1.165) is 10.8 Å². The molecule has 0 unspecified atom stereocenters. The first-order chi connectivity index (χ1) is 43.6. The zero-order chi connectivity index (χ0) is 66.1. The highest BCUT2D eigenvalue weighted by molar-refractivity contribution is 7.80. The highest BCUT2D eigenvalue weighted by Crippen LogP contribution is 2.26. The van der Waals surface area contributed by atoms with E-state index in [1.165, 1.54) is 19.1 Å². The lowest BCUT2D eigenvalue weighted by molar-refractivity contribution is -0.141. The number of thiol groups is 2. The summed E-state index contributed by atoms with van der Waals surface area (Å²) in [5.41, 5.74) is 21.6. The predicted octanol–water partition coefficient (Wildman–Crippen LogP) is 1.86. The number of rotatable bonds is 34. The summed E-state index contributed by atoms with van der Waals surface area (Å²) in [5, 5.41) is 53.5. The van der Waals surface area contributed by atoms with Gasteiger partial charge in [-0.3, -0.25) is 38.4 Å². The number of anilines is 1. The minimum absolute atomic E-state index is 0.0275. The summed E-state index contributed by atoms with van der Waals surface area (Å²) in [6.07, 6.45) is -1.29. The van der Waals surface area contributed by atoms with E-state index in [4.69, 9.17) is 17.2 Å². The number of fused-ring (bicyclic) bond motifs is 1.